The fourth-order valence-corrected chi connectivity index (χ4v) is 1.90. The number of hydrogen-bond acceptors (Lipinski definition) is 6. The zero-order chi connectivity index (χ0) is 13.7. The molecule has 0 bridgehead atoms. The van der Waals surface area contributed by atoms with E-state index >= 15 is 0 Å². The van der Waals surface area contributed by atoms with Crippen LogP contribution in [-0.2, 0) is 4.79 Å². The number of hydrogen-bond donors (Lipinski definition) is 2. The van der Waals surface area contributed by atoms with Crippen molar-refractivity contribution >= 4 is 40.3 Å². The molecular weight excluding hydrogens is 286 g/mol. The average Bonchev–Trinajstić information content (AvgIpc) is 2.86. The molecule has 0 aliphatic carbocycles. The molecule has 0 aliphatic heterocycles. The van der Waals surface area contributed by atoms with Gasteiger partial charge in [-0.05, 0) is 12.1 Å². The fourth-order valence-electron chi connectivity index (χ4n) is 1.22. The van der Waals surface area contributed by atoms with Gasteiger partial charge in [0.2, 0.25) is 5.89 Å². The van der Waals surface area contributed by atoms with Gasteiger partial charge in [-0.25, -0.2) is 0 Å². The lowest BCUT2D eigenvalue weighted by atomic mass is 10.2. The number of carboxylic acids is 1. The molecule has 0 unspecified atom stereocenters. The predicted molar refractivity (Wildman–Crippen MR) is 76.0 cm³/mol. The van der Waals surface area contributed by atoms with Gasteiger partial charge in [0.05, 0.1) is 5.75 Å². The highest BCUT2D eigenvalue weighted by Gasteiger charge is 2.10. The summed E-state index contributed by atoms with van der Waals surface area (Å²) in [5.74, 6) is -0.690. The first-order valence-corrected chi connectivity index (χ1v) is 6.59. The fraction of sp³-hybridized carbons (Fsp3) is 0.0909. The van der Waals surface area contributed by atoms with Crippen LogP contribution in [0.4, 0.5) is 6.01 Å². The first-order valence-electron chi connectivity index (χ1n) is 5.19. The second kappa shape index (κ2) is 6.30. The van der Waals surface area contributed by atoms with Gasteiger partial charge in [0.1, 0.15) is 4.32 Å². The van der Waals surface area contributed by atoms with Crippen LogP contribution in [0.2, 0.25) is 0 Å². The Morgan fingerprint density at radius 3 is 2.79 bits per heavy atom. The maximum absolute atomic E-state index is 10.4. The molecule has 98 valence electrons. The van der Waals surface area contributed by atoms with E-state index in [0.29, 0.717) is 5.89 Å². The van der Waals surface area contributed by atoms with Gasteiger partial charge in [-0.2, -0.15) is 0 Å². The van der Waals surface area contributed by atoms with Gasteiger partial charge in [-0.15, -0.1) is 5.10 Å². The smallest absolute Gasteiger partial charge is 0.321 e. The Morgan fingerprint density at radius 1 is 1.37 bits per heavy atom. The van der Waals surface area contributed by atoms with Gasteiger partial charge < -0.3 is 9.52 Å². The van der Waals surface area contributed by atoms with Crippen LogP contribution in [0, 0.1) is 0 Å². The number of aromatic nitrogens is 2. The molecule has 2 rings (SSSR count). The molecule has 1 aromatic carbocycles. The first kappa shape index (κ1) is 13.5. The van der Waals surface area contributed by atoms with Gasteiger partial charge in [0, 0.05) is 5.56 Å². The topological polar surface area (TPSA) is 88.2 Å². The summed E-state index contributed by atoms with van der Waals surface area (Å²) in [7, 11) is 0. The maximum atomic E-state index is 10.4. The lowest BCUT2D eigenvalue weighted by Crippen LogP contribution is -2.09. The van der Waals surface area contributed by atoms with Crippen LogP contribution >= 0.6 is 24.0 Å². The first-order chi connectivity index (χ1) is 9.15. The normalized spacial score (nSPS) is 10.1. The van der Waals surface area contributed by atoms with Crippen molar-refractivity contribution in [1.82, 2.24) is 10.2 Å². The van der Waals surface area contributed by atoms with Crippen LogP contribution in [0.3, 0.4) is 0 Å². The second-order valence-corrected chi connectivity index (χ2v) is 5.03. The SMILES string of the molecule is O=C(O)CSC(=S)Nc1nnc(-c2ccccc2)o1. The number of benzene rings is 1. The second-order valence-electron chi connectivity index (χ2n) is 3.37. The van der Waals surface area contributed by atoms with Gasteiger partial charge in [0.25, 0.3) is 0 Å². The minimum atomic E-state index is -0.940. The molecule has 0 atom stereocenters. The molecule has 0 spiro atoms. The molecule has 19 heavy (non-hydrogen) atoms. The third kappa shape index (κ3) is 4.04. The van der Waals surface area contributed by atoms with Crippen LogP contribution < -0.4 is 5.32 Å². The van der Waals surface area contributed by atoms with E-state index in [1.165, 1.54) is 0 Å². The van der Waals surface area contributed by atoms with E-state index in [2.05, 4.69) is 15.5 Å². The van der Waals surface area contributed by atoms with Crippen LogP contribution in [0.25, 0.3) is 11.5 Å². The van der Waals surface area contributed by atoms with Crippen LogP contribution in [0.1, 0.15) is 0 Å². The Labute approximate surface area is 118 Å². The summed E-state index contributed by atoms with van der Waals surface area (Å²) < 4.78 is 5.63. The highest BCUT2D eigenvalue weighted by Crippen LogP contribution is 2.19. The summed E-state index contributed by atoms with van der Waals surface area (Å²) in [6.07, 6.45) is 0. The molecule has 0 fully saturated rings. The molecule has 6 nitrogen and oxygen atoms in total. The molecule has 1 heterocycles. The Morgan fingerprint density at radius 2 is 2.11 bits per heavy atom. The van der Waals surface area contributed by atoms with Crippen molar-refractivity contribution in [3.8, 4) is 11.5 Å². The monoisotopic (exact) mass is 295 g/mol. The Hall–Kier alpha value is -1.93. The van der Waals surface area contributed by atoms with E-state index in [-0.39, 0.29) is 16.1 Å². The highest BCUT2D eigenvalue weighted by atomic mass is 32.2. The molecule has 0 radical (unpaired) electrons. The zero-order valence-electron chi connectivity index (χ0n) is 9.57. The van der Waals surface area contributed by atoms with E-state index in [1.54, 1.807) is 0 Å². The average molecular weight is 295 g/mol. The van der Waals surface area contributed by atoms with Gasteiger partial charge in [-0.3, -0.25) is 10.1 Å². The molecule has 8 heteroatoms. The van der Waals surface area contributed by atoms with Crippen LogP contribution in [0.5, 0.6) is 0 Å². The summed E-state index contributed by atoms with van der Waals surface area (Å²) in [6, 6.07) is 9.43. The number of rotatable bonds is 4. The molecule has 2 aromatic rings. The molecular formula is C11H9N3O3S2. The Kier molecular flexibility index (Phi) is 4.48. The van der Waals surface area contributed by atoms with Crippen molar-refractivity contribution < 1.29 is 14.3 Å². The molecule has 1 aromatic heterocycles. The number of carboxylic acid groups (broad SMARTS) is 1. The summed E-state index contributed by atoms with van der Waals surface area (Å²) in [6.45, 7) is 0. The largest absolute Gasteiger partial charge is 0.481 e. The lowest BCUT2D eigenvalue weighted by Gasteiger charge is -2.00. The van der Waals surface area contributed by atoms with E-state index in [4.69, 9.17) is 21.7 Å². The standard InChI is InChI=1S/C11H9N3O3S2/c15-8(16)6-19-11(18)12-10-14-13-9(17-10)7-4-2-1-3-5-7/h1-5H,6H2,(H,15,16)(H,12,14,18). The number of anilines is 1. The Bertz CT molecular complexity index is 586. The number of carbonyl (C=O) groups is 1. The number of nitrogens with zero attached hydrogens (tertiary/aromatic N) is 2. The summed E-state index contributed by atoms with van der Waals surface area (Å²) in [5.41, 5.74) is 0.798. The van der Waals surface area contributed by atoms with Crippen molar-refractivity contribution in [3.63, 3.8) is 0 Å². The van der Waals surface area contributed by atoms with E-state index in [9.17, 15) is 4.79 Å². The van der Waals surface area contributed by atoms with Crippen molar-refractivity contribution in [2.45, 2.75) is 0 Å². The van der Waals surface area contributed by atoms with E-state index in [0.717, 1.165) is 17.3 Å². The summed E-state index contributed by atoms with van der Waals surface area (Å²) in [4.78, 5) is 10.4. The van der Waals surface area contributed by atoms with Crippen LogP contribution in [-0.4, -0.2) is 31.3 Å². The van der Waals surface area contributed by atoms with Crippen molar-refractivity contribution in [3.05, 3.63) is 30.3 Å². The van der Waals surface area contributed by atoms with Crippen LogP contribution in [0.15, 0.2) is 34.7 Å². The molecule has 2 N–H and O–H groups in total. The predicted octanol–water partition coefficient (Wildman–Crippen LogP) is 2.25. The van der Waals surface area contributed by atoms with E-state index in [1.807, 2.05) is 30.3 Å². The molecule has 0 aliphatic rings. The minimum absolute atomic E-state index is 0.120. The maximum Gasteiger partial charge on any atom is 0.321 e. The summed E-state index contributed by atoms with van der Waals surface area (Å²) >= 11 is 5.92. The third-order valence-electron chi connectivity index (χ3n) is 1.98. The molecule has 0 saturated heterocycles. The number of nitrogens with one attached hydrogen (secondary N) is 1. The lowest BCUT2D eigenvalue weighted by molar-refractivity contribution is -0.133. The molecule has 0 amide bonds. The van der Waals surface area contributed by atoms with Gasteiger partial charge >= 0.3 is 12.0 Å². The zero-order valence-corrected chi connectivity index (χ0v) is 11.2. The third-order valence-corrected chi connectivity index (χ3v) is 3.19. The van der Waals surface area contributed by atoms with Crippen molar-refractivity contribution in [1.29, 1.82) is 0 Å². The minimum Gasteiger partial charge on any atom is -0.481 e. The number of thiocarbonyl (C=S) groups is 1. The quantitative estimate of drug-likeness (QED) is 0.830. The molecule has 0 saturated carbocycles. The number of aliphatic carboxylic acids is 1. The van der Waals surface area contributed by atoms with E-state index < -0.39 is 5.97 Å². The van der Waals surface area contributed by atoms with Crippen molar-refractivity contribution in [2.75, 3.05) is 11.1 Å². The van der Waals surface area contributed by atoms with Gasteiger partial charge in [-0.1, -0.05) is 47.3 Å². The number of thioether (sulfide) groups is 1. The highest BCUT2D eigenvalue weighted by molar-refractivity contribution is 8.23. The Balaban J connectivity index is 1.98. The van der Waals surface area contributed by atoms with Crippen molar-refractivity contribution in [2.24, 2.45) is 0 Å². The summed E-state index contributed by atoms with van der Waals surface area (Å²) in [5, 5.41) is 18.9. The van der Waals surface area contributed by atoms with Gasteiger partial charge in [0.15, 0.2) is 0 Å².